The Balaban J connectivity index is 2.25. The molecule has 1 amide bonds. The number of benzene rings is 1. The van der Waals surface area contributed by atoms with Gasteiger partial charge in [0.2, 0.25) is 5.91 Å². The average molecular weight is 263 g/mol. The standard InChI is InChI=1S/C16H22FNO/c1-4-16(3)14(10-17)11-18(15(16)19)12(2)13-8-6-5-7-9-13/h5-9,12,14H,4,10-11H2,1-3H3/t12-,14-,16-/m1/s1. The molecule has 1 heterocycles. The zero-order valence-electron chi connectivity index (χ0n) is 11.9. The number of hydrogen-bond acceptors (Lipinski definition) is 1. The Morgan fingerprint density at radius 2 is 2.05 bits per heavy atom. The van der Waals surface area contributed by atoms with Gasteiger partial charge in [0.1, 0.15) is 0 Å². The lowest BCUT2D eigenvalue weighted by molar-refractivity contribution is -0.138. The molecule has 1 saturated heterocycles. The van der Waals surface area contributed by atoms with Crippen LogP contribution in [0.25, 0.3) is 0 Å². The average Bonchev–Trinajstić information content (AvgIpc) is 2.72. The molecule has 0 aromatic heterocycles. The summed E-state index contributed by atoms with van der Waals surface area (Å²) in [5.74, 6) is -0.0924. The minimum Gasteiger partial charge on any atom is -0.335 e. The van der Waals surface area contributed by atoms with Crippen LogP contribution in [-0.4, -0.2) is 24.0 Å². The molecule has 1 aliphatic rings. The molecule has 3 atom stereocenters. The highest BCUT2D eigenvalue weighted by Crippen LogP contribution is 2.43. The van der Waals surface area contributed by atoms with E-state index in [1.165, 1.54) is 0 Å². The molecule has 1 fully saturated rings. The fourth-order valence-corrected chi connectivity index (χ4v) is 2.93. The maximum atomic E-state index is 13.2. The quantitative estimate of drug-likeness (QED) is 0.813. The van der Waals surface area contributed by atoms with E-state index in [1.807, 2.05) is 56.0 Å². The Bertz CT molecular complexity index is 447. The third-order valence-corrected chi connectivity index (χ3v) is 4.74. The minimum atomic E-state index is -0.544. The molecular weight excluding hydrogens is 241 g/mol. The second-order valence-corrected chi connectivity index (χ2v) is 5.67. The number of hydrogen-bond donors (Lipinski definition) is 0. The molecule has 1 aliphatic heterocycles. The summed E-state index contributed by atoms with van der Waals surface area (Å²) in [6.07, 6.45) is 0.693. The highest BCUT2D eigenvalue weighted by Gasteiger charge is 2.50. The third-order valence-electron chi connectivity index (χ3n) is 4.74. The number of amides is 1. The minimum absolute atomic E-state index is 0.0103. The predicted molar refractivity (Wildman–Crippen MR) is 74.4 cm³/mol. The number of carbonyl (C=O) groups is 1. The number of rotatable bonds is 4. The van der Waals surface area contributed by atoms with Gasteiger partial charge in [0.15, 0.2) is 0 Å². The first-order valence-electron chi connectivity index (χ1n) is 6.96. The van der Waals surface area contributed by atoms with E-state index in [-0.39, 0.29) is 17.9 Å². The molecule has 1 aromatic rings. The molecule has 2 rings (SSSR count). The van der Waals surface area contributed by atoms with Gasteiger partial charge in [0, 0.05) is 12.5 Å². The van der Waals surface area contributed by atoms with Crippen molar-refractivity contribution in [2.75, 3.05) is 13.2 Å². The van der Waals surface area contributed by atoms with E-state index >= 15 is 0 Å². The van der Waals surface area contributed by atoms with Crippen LogP contribution in [0.1, 0.15) is 38.8 Å². The summed E-state index contributed by atoms with van der Waals surface area (Å²) in [6, 6.07) is 9.95. The molecule has 0 saturated carbocycles. The van der Waals surface area contributed by atoms with Crippen LogP contribution in [0.3, 0.4) is 0 Å². The first-order chi connectivity index (χ1) is 9.04. The molecular formula is C16H22FNO. The Morgan fingerprint density at radius 1 is 1.42 bits per heavy atom. The molecule has 2 nitrogen and oxygen atoms in total. The van der Waals surface area contributed by atoms with Crippen LogP contribution in [0.2, 0.25) is 0 Å². The van der Waals surface area contributed by atoms with Crippen molar-refractivity contribution in [3.8, 4) is 0 Å². The molecule has 0 N–H and O–H groups in total. The summed E-state index contributed by atoms with van der Waals surface area (Å²) in [5.41, 5.74) is 0.562. The van der Waals surface area contributed by atoms with Crippen LogP contribution in [0.5, 0.6) is 0 Å². The summed E-state index contributed by atoms with van der Waals surface area (Å²) in [7, 11) is 0. The SMILES string of the molecule is CC[C@@]1(C)C(=O)N([C@H](C)c2ccccc2)C[C@H]1CF. The van der Waals surface area contributed by atoms with Crippen LogP contribution in [0, 0.1) is 11.3 Å². The smallest absolute Gasteiger partial charge is 0.229 e. The van der Waals surface area contributed by atoms with Crippen molar-refractivity contribution in [2.45, 2.75) is 33.2 Å². The number of carbonyl (C=O) groups excluding carboxylic acids is 1. The van der Waals surface area contributed by atoms with Gasteiger partial charge >= 0.3 is 0 Å². The molecule has 0 radical (unpaired) electrons. The van der Waals surface area contributed by atoms with Crippen LogP contribution in [0.4, 0.5) is 4.39 Å². The predicted octanol–water partition coefficient (Wildman–Crippen LogP) is 3.59. The van der Waals surface area contributed by atoms with E-state index in [2.05, 4.69) is 0 Å². The van der Waals surface area contributed by atoms with Crippen molar-refractivity contribution in [3.05, 3.63) is 35.9 Å². The number of nitrogens with zero attached hydrogens (tertiary/aromatic N) is 1. The monoisotopic (exact) mass is 263 g/mol. The number of likely N-dealkylation sites (tertiary alicyclic amines) is 1. The number of alkyl halides is 1. The van der Waals surface area contributed by atoms with Crippen LogP contribution >= 0.6 is 0 Å². The molecule has 19 heavy (non-hydrogen) atoms. The lowest BCUT2D eigenvalue weighted by atomic mass is 9.78. The van der Waals surface area contributed by atoms with Crippen molar-refractivity contribution in [1.29, 1.82) is 0 Å². The molecule has 0 spiro atoms. The highest BCUT2D eigenvalue weighted by atomic mass is 19.1. The fourth-order valence-electron chi connectivity index (χ4n) is 2.93. The van der Waals surface area contributed by atoms with Gasteiger partial charge in [-0.25, -0.2) is 0 Å². The second kappa shape index (κ2) is 5.32. The fraction of sp³-hybridized carbons (Fsp3) is 0.562. The second-order valence-electron chi connectivity index (χ2n) is 5.67. The van der Waals surface area contributed by atoms with E-state index in [0.717, 1.165) is 5.56 Å². The number of halogens is 1. The van der Waals surface area contributed by atoms with Gasteiger partial charge in [-0.3, -0.25) is 9.18 Å². The molecule has 104 valence electrons. The van der Waals surface area contributed by atoms with Crippen LogP contribution in [-0.2, 0) is 4.79 Å². The van der Waals surface area contributed by atoms with Crippen LogP contribution < -0.4 is 0 Å². The van der Waals surface area contributed by atoms with Gasteiger partial charge in [-0.1, -0.05) is 44.2 Å². The lowest BCUT2D eigenvalue weighted by Crippen LogP contribution is -2.35. The summed E-state index contributed by atoms with van der Waals surface area (Å²) in [6.45, 7) is 5.99. The van der Waals surface area contributed by atoms with Gasteiger partial charge in [-0.15, -0.1) is 0 Å². The Hall–Kier alpha value is -1.38. The maximum absolute atomic E-state index is 13.2. The highest BCUT2D eigenvalue weighted by molar-refractivity contribution is 5.85. The molecule has 3 heteroatoms. The van der Waals surface area contributed by atoms with Crippen molar-refractivity contribution < 1.29 is 9.18 Å². The van der Waals surface area contributed by atoms with E-state index in [1.54, 1.807) is 0 Å². The summed E-state index contributed by atoms with van der Waals surface area (Å²) in [5, 5.41) is 0. The molecule has 0 unspecified atom stereocenters. The normalized spacial score (nSPS) is 28.7. The Morgan fingerprint density at radius 3 is 2.53 bits per heavy atom. The zero-order valence-corrected chi connectivity index (χ0v) is 11.9. The van der Waals surface area contributed by atoms with E-state index in [4.69, 9.17) is 0 Å². The van der Waals surface area contributed by atoms with Gasteiger partial charge < -0.3 is 4.90 Å². The summed E-state index contributed by atoms with van der Waals surface area (Å²) in [4.78, 5) is 14.4. The third kappa shape index (κ3) is 2.26. The van der Waals surface area contributed by atoms with Gasteiger partial charge in [-0.2, -0.15) is 0 Å². The topological polar surface area (TPSA) is 20.3 Å². The Kier molecular flexibility index (Phi) is 3.93. The maximum Gasteiger partial charge on any atom is 0.229 e. The first kappa shape index (κ1) is 14.0. The van der Waals surface area contributed by atoms with Crippen molar-refractivity contribution >= 4 is 5.91 Å². The van der Waals surface area contributed by atoms with Crippen molar-refractivity contribution in [3.63, 3.8) is 0 Å². The van der Waals surface area contributed by atoms with E-state index in [9.17, 15) is 9.18 Å². The van der Waals surface area contributed by atoms with Crippen LogP contribution in [0.15, 0.2) is 30.3 Å². The Labute approximate surface area is 114 Å². The van der Waals surface area contributed by atoms with E-state index < -0.39 is 12.1 Å². The van der Waals surface area contributed by atoms with Gasteiger partial charge in [-0.05, 0) is 18.9 Å². The largest absolute Gasteiger partial charge is 0.335 e. The lowest BCUT2D eigenvalue weighted by Gasteiger charge is -2.28. The summed E-state index contributed by atoms with van der Waals surface area (Å²) < 4.78 is 13.2. The van der Waals surface area contributed by atoms with Gasteiger partial charge in [0.25, 0.3) is 0 Å². The van der Waals surface area contributed by atoms with Gasteiger partial charge in [0.05, 0.1) is 18.1 Å². The molecule has 0 bridgehead atoms. The zero-order chi connectivity index (χ0) is 14.0. The van der Waals surface area contributed by atoms with Crippen molar-refractivity contribution in [2.24, 2.45) is 11.3 Å². The van der Waals surface area contributed by atoms with Crippen molar-refractivity contribution in [1.82, 2.24) is 4.90 Å². The first-order valence-corrected chi connectivity index (χ1v) is 6.96. The van der Waals surface area contributed by atoms with E-state index in [0.29, 0.717) is 13.0 Å². The molecule has 0 aliphatic carbocycles. The summed E-state index contributed by atoms with van der Waals surface area (Å²) >= 11 is 0. The molecule has 1 aromatic carbocycles.